The number of carbonyl (C=O) groups is 3. The Morgan fingerprint density at radius 1 is 0.897 bits per heavy atom. The Morgan fingerprint density at radius 3 is 2.28 bits per heavy atom. The summed E-state index contributed by atoms with van der Waals surface area (Å²) in [5, 5.41) is 11.4. The highest BCUT2D eigenvalue weighted by Crippen LogP contribution is 2.12. The zero-order chi connectivity index (χ0) is 21.2. The zero-order valence-corrected chi connectivity index (χ0v) is 17.0. The molecule has 0 aliphatic carbocycles. The Bertz CT molecular complexity index is 847. The molecule has 0 bridgehead atoms. The molecule has 0 aliphatic heterocycles. The largest absolute Gasteiger partial charge is 0.376 e. The minimum Gasteiger partial charge on any atom is -0.376 e. The molecular formula is C22H28N4O3. The Hall–Kier alpha value is -3.35. The molecule has 0 atom stereocenters. The van der Waals surface area contributed by atoms with E-state index in [0.717, 1.165) is 12.1 Å². The van der Waals surface area contributed by atoms with Crippen molar-refractivity contribution in [3.63, 3.8) is 0 Å². The molecule has 0 aliphatic rings. The molecule has 7 heteroatoms. The van der Waals surface area contributed by atoms with Crippen LogP contribution in [0.15, 0.2) is 48.5 Å². The zero-order valence-electron chi connectivity index (χ0n) is 17.0. The standard InChI is InChI=1S/C22H28N4O3/c1-4-12-23-21(28)17-6-5-7-19(13-17)26-20(27)14-24-18-10-8-16(9-11-18)22(29)25-15(2)3/h5-11,13,15,24H,4,12,14H2,1-3H3,(H,23,28)(H,25,29)(H,26,27). The summed E-state index contributed by atoms with van der Waals surface area (Å²) >= 11 is 0. The van der Waals surface area contributed by atoms with Crippen molar-refractivity contribution in [1.82, 2.24) is 10.6 Å². The summed E-state index contributed by atoms with van der Waals surface area (Å²) in [4.78, 5) is 36.2. The Labute approximate surface area is 171 Å². The van der Waals surface area contributed by atoms with Crippen molar-refractivity contribution in [2.24, 2.45) is 0 Å². The second-order valence-electron chi connectivity index (χ2n) is 6.94. The average molecular weight is 396 g/mol. The summed E-state index contributed by atoms with van der Waals surface area (Å²) in [5.74, 6) is -0.535. The van der Waals surface area contributed by atoms with E-state index in [4.69, 9.17) is 0 Å². The van der Waals surface area contributed by atoms with Crippen LogP contribution in [0.5, 0.6) is 0 Å². The van der Waals surface area contributed by atoms with E-state index in [9.17, 15) is 14.4 Å². The van der Waals surface area contributed by atoms with Crippen LogP contribution in [0.4, 0.5) is 11.4 Å². The number of anilines is 2. The van der Waals surface area contributed by atoms with Gasteiger partial charge in [-0.3, -0.25) is 14.4 Å². The van der Waals surface area contributed by atoms with Crippen LogP contribution < -0.4 is 21.3 Å². The fraction of sp³-hybridized carbons (Fsp3) is 0.318. The molecule has 2 aromatic carbocycles. The smallest absolute Gasteiger partial charge is 0.251 e. The first-order valence-corrected chi connectivity index (χ1v) is 9.72. The molecule has 0 spiro atoms. The monoisotopic (exact) mass is 396 g/mol. The number of nitrogens with one attached hydrogen (secondary N) is 4. The summed E-state index contributed by atoms with van der Waals surface area (Å²) in [6.07, 6.45) is 0.858. The van der Waals surface area contributed by atoms with Crippen LogP contribution in [0.25, 0.3) is 0 Å². The third-order valence-electron chi connectivity index (χ3n) is 3.96. The van der Waals surface area contributed by atoms with Gasteiger partial charge in [0.15, 0.2) is 0 Å². The molecule has 0 heterocycles. The van der Waals surface area contributed by atoms with E-state index in [2.05, 4.69) is 21.3 Å². The highest BCUT2D eigenvalue weighted by Gasteiger charge is 2.09. The van der Waals surface area contributed by atoms with Crippen molar-refractivity contribution in [2.75, 3.05) is 23.7 Å². The second-order valence-corrected chi connectivity index (χ2v) is 6.94. The van der Waals surface area contributed by atoms with Crippen molar-refractivity contribution in [3.05, 3.63) is 59.7 Å². The maximum Gasteiger partial charge on any atom is 0.251 e. The third-order valence-corrected chi connectivity index (χ3v) is 3.96. The van der Waals surface area contributed by atoms with Gasteiger partial charge in [-0.05, 0) is 62.7 Å². The molecule has 29 heavy (non-hydrogen) atoms. The molecule has 0 aromatic heterocycles. The third kappa shape index (κ3) is 7.29. The highest BCUT2D eigenvalue weighted by molar-refractivity contribution is 5.98. The highest BCUT2D eigenvalue weighted by atomic mass is 16.2. The van der Waals surface area contributed by atoms with E-state index in [1.54, 1.807) is 48.5 Å². The Morgan fingerprint density at radius 2 is 1.62 bits per heavy atom. The van der Waals surface area contributed by atoms with Gasteiger partial charge >= 0.3 is 0 Å². The topological polar surface area (TPSA) is 99.3 Å². The minimum absolute atomic E-state index is 0.0593. The fourth-order valence-electron chi connectivity index (χ4n) is 2.55. The van der Waals surface area contributed by atoms with Crippen LogP contribution >= 0.6 is 0 Å². The molecular weight excluding hydrogens is 368 g/mol. The summed E-state index contributed by atoms with van der Waals surface area (Å²) in [5.41, 5.74) is 2.35. The van der Waals surface area contributed by atoms with Gasteiger partial charge in [0.25, 0.3) is 11.8 Å². The molecule has 154 valence electrons. The summed E-state index contributed by atoms with van der Waals surface area (Å²) in [6, 6.07) is 13.8. The number of hydrogen-bond acceptors (Lipinski definition) is 4. The average Bonchev–Trinajstić information content (AvgIpc) is 2.70. The van der Waals surface area contributed by atoms with Gasteiger partial charge in [0, 0.05) is 35.1 Å². The van der Waals surface area contributed by atoms with Gasteiger partial charge in [-0.15, -0.1) is 0 Å². The van der Waals surface area contributed by atoms with Gasteiger partial charge < -0.3 is 21.3 Å². The molecule has 7 nitrogen and oxygen atoms in total. The van der Waals surface area contributed by atoms with Crippen LogP contribution in [0.3, 0.4) is 0 Å². The van der Waals surface area contributed by atoms with Crippen molar-refractivity contribution >= 4 is 29.1 Å². The molecule has 0 unspecified atom stereocenters. The lowest BCUT2D eigenvalue weighted by Crippen LogP contribution is -2.30. The fourth-order valence-corrected chi connectivity index (χ4v) is 2.55. The quantitative estimate of drug-likeness (QED) is 0.524. The van der Waals surface area contributed by atoms with Crippen molar-refractivity contribution in [1.29, 1.82) is 0 Å². The first-order valence-electron chi connectivity index (χ1n) is 9.72. The molecule has 4 N–H and O–H groups in total. The van der Waals surface area contributed by atoms with Crippen LogP contribution in [0.1, 0.15) is 47.9 Å². The first kappa shape index (κ1) is 21.9. The van der Waals surface area contributed by atoms with Crippen LogP contribution in [-0.4, -0.2) is 36.9 Å². The lowest BCUT2D eigenvalue weighted by Gasteiger charge is -2.11. The van der Waals surface area contributed by atoms with E-state index >= 15 is 0 Å². The van der Waals surface area contributed by atoms with Gasteiger partial charge in [-0.25, -0.2) is 0 Å². The van der Waals surface area contributed by atoms with Crippen molar-refractivity contribution in [3.8, 4) is 0 Å². The lowest BCUT2D eigenvalue weighted by molar-refractivity contribution is -0.114. The van der Waals surface area contributed by atoms with E-state index in [1.807, 2.05) is 20.8 Å². The predicted octanol–water partition coefficient (Wildman–Crippen LogP) is 3.02. The van der Waals surface area contributed by atoms with E-state index < -0.39 is 0 Å². The van der Waals surface area contributed by atoms with Gasteiger partial charge in [-0.2, -0.15) is 0 Å². The lowest BCUT2D eigenvalue weighted by atomic mass is 10.2. The van der Waals surface area contributed by atoms with Crippen LogP contribution in [0, 0.1) is 0 Å². The number of benzene rings is 2. The first-order chi connectivity index (χ1) is 13.9. The number of amides is 3. The molecule has 2 aromatic rings. The van der Waals surface area contributed by atoms with E-state index in [1.165, 1.54) is 0 Å². The van der Waals surface area contributed by atoms with Gasteiger partial charge in [0.05, 0.1) is 6.54 Å². The molecule has 2 rings (SSSR count). The molecule has 0 fully saturated rings. The minimum atomic E-state index is -0.238. The van der Waals surface area contributed by atoms with Crippen LogP contribution in [-0.2, 0) is 4.79 Å². The Kier molecular flexibility index (Phi) is 8.21. The molecule has 3 amide bonds. The second kappa shape index (κ2) is 10.8. The van der Waals surface area contributed by atoms with E-state index in [-0.39, 0.29) is 30.3 Å². The maximum atomic E-state index is 12.2. The molecule has 0 saturated heterocycles. The summed E-state index contributed by atoms with van der Waals surface area (Å²) < 4.78 is 0. The number of carbonyl (C=O) groups excluding carboxylic acids is 3. The normalized spacial score (nSPS) is 10.3. The van der Waals surface area contributed by atoms with Gasteiger partial charge in [0.2, 0.25) is 5.91 Å². The van der Waals surface area contributed by atoms with E-state index in [0.29, 0.717) is 23.4 Å². The molecule has 0 radical (unpaired) electrons. The summed E-state index contributed by atoms with van der Waals surface area (Å²) in [6.45, 7) is 6.46. The number of rotatable bonds is 9. The maximum absolute atomic E-state index is 12.2. The van der Waals surface area contributed by atoms with Gasteiger partial charge in [-0.1, -0.05) is 13.0 Å². The van der Waals surface area contributed by atoms with Crippen LogP contribution in [0.2, 0.25) is 0 Å². The summed E-state index contributed by atoms with van der Waals surface area (Å²) in [7, 11) is 0. The number of hydrogen-bond donors (Lipinski definition) is 4. The van der Waals surface area contributed by atoms with Crippen molar-refractivity contribution < 1.29 is 14.4 Å². The predicted molar refractivity (Wildman–Crippen MR) is 115 cm³/mol. The SMILES string of the molecule is CCCNC(=O)c1cccc(NC(=O)CNc2ccc(C(=O)NC(C)C)cc2)c1. The van der Waals surface area contributed by atoms with Gasteiger partial charge in [0.1, 0.15) is 0 Å². The molecule has 0 saturated carbocycles. The van der Waals surface area contributed by atoms with Crippen molar-refractivity contribution in [2.45, 2.75) is 33.2 Å². The Balaban J connectivity index is 1.87.